The first-order valence-electron chi connectivity index (χ1n) is 14.7. The van der Waals surface area contributed by atoms with Crippen molar-refractivity contribution < 1.29 is 39.2 Å². The fraction of sp³-hybridized carbons (Fsp3) is 0.645. The summed E-state index contributed by atoms with van der Waals surface area (Å²) < 4.78 is 12.4. The topological polar surface area (TPSA) is 146 Å². The smallest absolute Gasteiger partial charge is 0.290 e. The predicted molar refractivity (Wildman–Crippen MR) is 164 cm³/mol. The number of amides is 2. The van der Waals surface area contributed by atoms with Gasteiger partial charge in [0.15, 0.2) is 11.5 Å². The van der Waals surface area contributed by atoms with Crippen LogP contribution in [0.1, 0.15) is 58.4 Å². The van der Waals surface area contributed by atoms with Crippen molar-refractivity contribution in [3.8, 4) is 11.5 Å². The van der Waals surface area contributed by atoms with Crippen LogP contribution in [-0.2, 0) is 21.0 Å². The van der Waals surface area contributed by atoms with E-state index in [4.69, 9.17) is 9.47 Å². The maximum absolute atomic E-state index is 13.6. The lowest BCUT2D eigenvalue weighted by atomic mass is 9.45. The number of aliphatic hydroxyl groups excluding tert-OH is 3. The van der Waals surface area contributed by atoms with Gasteiger partial charge in [-0.25, -0.2) is 0 Å². The minimum Gasteiger partial charge on any atom is -0.493 e. The first-order valence-corrected chi connectivity index (χ1v) is 15.8. The van der Waals surface area contributed by atoms with Crippen LogP contribution in [-0.4, -0.2) is 82.9 Å². The van der Waals surface area contributed by atoms with Crippen LogP contribution in [0.2, 0.25) is 0 Å². The van der Waals surface area contributed by atoms with Crippen LogP contribution in [0.5, 0.6) is 11.5 Å². The average molecular weight is 699 g/mol. The van der Waals surface area contributed by atoms with Gasteiger partial charge in [-0.2, -0.15) is 0 Å². The molecule has 42 heavy (non-hydrogen) atoms. The zero-order valence-electron chi connectivity index (χ0n) is 24.8. The summed E-state index contributed by atoms with van der Waals surface area (Å²) >= 11 is 2.05. The number of carbonyl (C=O) groups excluding carboxylic acids is 3. The molecule has 0 spiro atoms. The van der Waals surface area contributed by atoms with E-state index in [1.165, 1.54) is 18.1 Å². The molecule has 232 valence electrons. The van der Waals surface area contributed by atoms with E-state index in [-0.39, 0.29) is 43.9 Å². The quantitative estimate of drug-likeness (QED) is 0.193. The van der Waals surface area contributed by atoms with Crippen molar-refractivity contribution in [3.05, 3.63) is 32.9 Å². The molecule has 4 aliphatic rings. The van der Waals surface area contributed by atoms with Gasteiger partial charge in [0.05, 0.1) is 29.9 Å². The number of hydrogen-bond acceptors (Lipinski definition) is 8. The van der Waals surface area contributed by atoms with Gasteiger partial charge < -0.3 is 35.0 Å². The van der Waals surface area contributed by atoms with Crippen molar-refractivity contribution >= 4 is 40.2 Å². The Morgan fingerprint density at radius 3 is 2.52 bits per heavy atom. The van der Waals surface area contributed by atoms with Gasteiger partial charge in [0.1, 0.15) is 12.2 Å². The zero-order chi connectivity index (χ0) is 30.8. The summed E-state index contributed by atoms with van der Waals surface area (Å²) in [6.07, 6.45) is 2.39. The second kappa shape index (κ2) is 13.6. The van der Waals surface area contributed by atoms with Crippen LogP contribution in [0.25, 0.3) is 0 Å². The number of ether oxygens (including phenoxy) is 2. The molecule has 6 unspecified atom stereocenters. The monoisotopic (exact) mass is 698 g/mol. The Morgan fingerprint density at radius 1 is 1.19 bits per heavy atom. The largest absolute Gasteiger partial charge is 0.493 e. The number of carbonyl (C=O) groups is 3. The van der Waals surface area contributed by atoms with E-state index >= 15 is 0 Å². The SMILES string of the molecule is CCC(=O)C(=O)N(CC1CCC2CC1C2(C)C)C1CC(C(=O)NCCO)=CC(Oc2c(I)cc(CO)cc2OC)C1O. The Balaban J connectivity index is 1.71. The Kier molecular flexibility index (Phi) is 10.6. The number of nitrogens with zero attached hydrogens (tertiary/aromatic N) is 1. The molecular weight excluding hydrogens is 655 g/mol. The Labute approximate surface area is 261 Å². The van der Waals surface area contributed by atoms with Crippen LogP contribution in [0.3, 0.4) is 0 Å². The number of hydrogen-bond donors (Lipinski definition) is 4. The van der Waals surface area contributed by atoms with E-state index in [9.17, 15) is 29.7 Å². The molecule has 4 aliphatic carbocycles. The number of halogens is 1. The highest BCUT2D eigenvalue weighted by molar-refractivity contribution is 14.1. The third kappa shape index (κ3) is 6.48. The van der Waals surface area contributed by atoms with Gasteiger partial charge in [-0.05, 0) is 88.8 Å². The van der Waals surface area contributed by atoms with Crippen LogP contribution in [0.4, 0.5) is 0 Å². The number of Topliss-reactive ketones (excluding diaryl/α,β-unsaturated/α-hetero) is 1. The molecule has 1 aromatic carbocycles. The standard InChI is InChI=1S/C31H43IN2O8/c1-5-24(37)30(40)34(15-18-6-7-20-14-21(18)31(20,2)3)23-12-19(29(39)33-8-9-35)13-25(27(23)38)42-28-22(32)10-17(16-36)11-26(28)41-4/h10-11,13,18,20-21,23,25,27,35-36,38H,5-9,12,14-16H2,1-4H3,(H,33,39). The minimum absolute atomic E-state index is 0.0299. The molecule has 0 heterocycles. The van der Waals surface area contributed by atoms with Crippen molar-refractivity contribution in [2.45, 2.75) is 77.7 Å². The molecule has 1 aromatic rings. The van der Waals surface area contributed by atoms with Gasteiger partial charge in [-0.15, -0.1) is 0 Å². The molecular formula is C31H43IN2O8. The van der Waals surface area contributed by atoms with Gasteiger partial charge in [0.25, 0.3) is 5.91 Å². The van der Waals surface area contributed by atoms with Gasteiger partial charge in [0, 0.05) is 31.5 Å². The van der Waals surface area contributed by atoms with E-state index in [1.54, 1.807) is 19.1 Å². The third-order valence-corrected chi connectivity index (χ3v) is 10.4. The van der Waals surface area contributed by atoms with Crippen LogP contribution < -0.4 is 14.8 Å². The number of rotatable bonds is 12. The molecule has 0 aromatic heterocycles. The Bertz CT molecular complexity index is 1220. The summed E-state index contributed by atoms with van der Waals surface area (Å²) in [6, 6.07) is 2.48. The van der Waals surface area contributed by atoms with Crippen molar-refractivity contribution in [1.29, 1.82) is 0 Å². The highest BCUT2D eigenvalue weighted by Crippen LogP contribution is 2.61. The summed E-state index contributed by atoms with van der Waals surface area (Å²) in [7, 11) is 1.47. The highest BCUT2D eigenvalue weighted by atomic mass is 127. The van der Waals surface area contributed by atoms with E-state index in [1.807, 2.05) is 0 Å². The number of aliphatic hydroxyl groups is 3. The molecule has 4 N–H and O–H groups in total. The molecule has 6 atom stereocenters. The second-order valence-electron chi connectivity index (χ2n) is 12.2. The van der Waals surface area contributed by atoms with E-state index in [0.29, 0.717) is 44.6 Å². The summed E-state index contributed by atoms with van der Waals surface area (Å²) in [6.45, 7) is 6.09. The van der Waals surface area contributed by atoms with Crippen molar-refractivity contribution in [2.75, 3.05) is 26.8 Å². The molecule has 0 radical (unpaired) electrons. The number of methoxy groups -OCH3 is 1. The maximum Gasteiger partial charge on any atom is 0.290 e. The first-order chi connectivity index (χ1) is 20.0. The van der Waals surface area contributed by atoms with E-state index < -0.39 is 35.8 Å². The molecule has 11 heteroatoms. The van der Waals surface area contributed by atoms with Crippen molar-refractivity contribution in [1.82, 2.24) is 10.2 Å². The number of nitrogens with one attached hydrogen (secondary N) is 1. The second-order valence-corrected chi connectivity index (χ2v) is 13.4. The zero-order valence-corrected chi connectivity index (χ0v) is 26.9. The molecule has 0 saturated heterocycles. The lowest BCUT2D eigenvalue weighted by Gasteiger charge is -2.61. The molecule has 2 amide bonds. The van der Waals surface area contributed by atoms with Crippen LogP contribution in [0, 0.1) is 26.7 Å². The van der Waals surface area contributed by atoms with Crippen LogP contribution in [0.15, 0.2) is 23.8 Å². The number of fused-ring (bicyclic) bond motifs is 2. The van der Waals surface area contributed by atoms with E-state index in [0.717, 1.165) is 19.3 Å². The van der Waals surface area contributed by atoms with Crippen molar-refractivity contribution in [2.24, 2.45) is 23.2 Å². The van der Waals surface area contributed by atoms with Gasteiger partial charge in [-0.3, -0.25) is 14.4 Å². The first kappa shape index (κ1) is 32.7. The fourth-order valence-electron chi connectivity index (χ4n) is 7.01. The fourth-order valence-corrected chi connectivity index (χ4v) is 7.80. The summed E-state index contributed by atoms with van der Waals surface area (Å²) in [5.41, 5.74) is 1.07. The summed E-state index contributed by atoms with van der Waals surface area (Å²) in [4.78, 5) is 41.1. The number of benzene rings is 1. The number of ketones is 1. The van der Waals surface area contributed by atoms with Gasteiger partial charge >= 0.3 is 0 Å². The molecule has 0 aliphatic heterocycles. The molecule has 3 fully saturated rings. The lowest BCUT2D eigenvalue weighted by Crippen LogP contribution is -2.60. The lowest BCUT2D eigenvalue weighted by molar-refractivity contribution is -0.155. The van der Waals surface area contributed by atoms with Gasteiger partial charge in [0.2, 0.25) is 11.7 Å². The molecule has 5 rings (SSSR count). The molecule has 2 bridgehead atoms. The predicted octanol–water partition coefficient (Wildman–Crippen LogP) is 2.59. The normalized spacial score (nSPS) is 27.8. The average Bonchev–Trinajstić information content (AvgIpc) is 2.99. The maximum atomic E-state index is 13.6. The van der Waals surface area contributed by atoms with Crippen molar-refractivity contribution in [3.63, 3.8) is 0 Å². The van der Waals surface area contributed by atoms with Crippen LogP contribution >= 0.6 is 22.6 Å². The van der Waals surface area contributed by atoms with E-state index in [2.05, 4.69) is 41.8 Å². The minimum atomic E-state index is -1.25. The Hall–Kier alpha value is -2.22. The molecule has 10 nitrogen and oxygen atoms in total. The van der Waals surface area contributed by atoms with Gasteiger partial charge in [-0.1, -0.05) is 20.8 Å². The third-order valence-electron chi connectivity index (χ3n) is 9.59. The molecule has 3 saturated carbocycles. The Morgan fingerprint density at radius 2 is 1.93 bits per heavy atom. The highest BCUT2D eigenvalue weighted by Gasteiger charge is 2.55. The summed E-state index contributed by atoms with van der Waals surface area (Å²) in [5.74, 6) is 0.277. The summed E-state index contributed by atoms with van der Waals surface area (Å²) in [5, 5.41) is 33.3.